The van der Waals surface area contributed by atoms with Crippen LogP contribution >= 0.6 is 0 Å². The van der Waals surface area contributed by atoms with Crippen molar-refractivity contribution < 1.29 is 28.5 Å². The van der Waals surface area contributed by atoms with Crippen molar-refractivity contribution in [2.45, 2.75) is 44.1 Å². The Bertz CT molecular complexity index is 218. The summed E-state index contributed by atoms with van der Waals surface area (Å²) in [5.41, 5.74) is 0.675. The highest BCUT2D eigenvalue weighted by Crippen LogP contribution is 2.58. The molecule has 0 unspecified atom stereocenters. The molecule has 0 N–H and O–H groups in total. The van der Waals surface area contributed by atoms with Gasteiger partial charge in [0.25, 0.3) is 0 Å². The lowest BCUT2D eigenvalue weighted by Crippen LogP contribution is -3.00. The van der Waals surface area contributed by atoms with Crippen molar-refractivity contribution >= 4 is 0 Å². The van der Waals surface area contributed by atoms with Gasteiger partial charge in [-0.3, -0.25) is 0 Å². The van der Waals surface area contributed by atoms with Crippen LogP contribution < -0.4 is 24.0 Å². The molecule has 0 spiro atoms. The van der Waals surface area contributed by atoms with Crippen LogP contribution in [0.5, 0.6) is 0 Å². The second-order valence-corrected chi connectivity index (χ2v) is 7.15. The zero-order valence-electron chi connectivity index (χ0n) is 10.3. The van der Waals surface area contributed by atoms with E-state index in [1.165, 1.54) is 23.7 Å². The second-order valence-electron chi connectivity index (χ2n) is 7.15. The first-order valence-electron chi connectivity index (χ1n) is 6.30. The van der Waals surface area contributed by atoms with Gasteiger partial charge in [0.05, 0.1) is 26.7 Å². The van der Waals surface area contributed by atoms with Crippen molar-refractivity contribution in [2.75, 3.05) is 21.1 Å². The maximum absolute atomic E-state index is 2.42. The summed E-state index contributed by atoms with van der Waals surface area (Å²) < 4.78 is 1.22. The smallest absolute Gasteiger partial charge is 0.0994 e. The zero-order valence-corrected chi connectivity index (χ0v) is 12.5. The van der Waals surface area contributed by atoms with Crippen LogP contribution in [0.4, 0.5) is 0 Å². The van der Waals surface area contributed by atoms with Gasteiger partial charge < -0.3 is 28.5 Å². The number of quaternary nitrogens is 1. The molecule has 0 atom stereocenters. The summed E-state index contributed by atoms with van der Waals surface area (Å²) >= 11 is 0. The third-order valence-corrected chi connectivity index (χ3v) is 5.43. The number of hydrogen-bond acceptors (Lipinski definition) is 0. The Hall–Kier alpha value is 0.690. The van der Waals surface area contributed by atoms with E-state index in [9.17, 15) is 0 Å². The van der Waals surface area contributed by atoms with Crippen LogP contribution in [-0.2, 0) is 0 Å². The molecule has 4 fully saturated rings. The highest BCUT2D eigenvalue weighted by atomic mass is 127. The molecule has 15 heavy (non-hydrogen) atoms. The lowest BCUT2D eigenvalue weighted by atomic mass is 9.52. The quantitative estimate of drug-likeness (QED) is 0.458. The number of hydrogen-bond donors (Lipinski definition) is 0. The van der Waals surface area contributed by atoms with E-state index >= 15 is 0 Å². The van der Waals surface area contributed by atoms with Gasteiger partial charge in [-0.05, 0) is 37.0 Å². The summed E-state index contributed by atoms with van der Waals surface area (Å²) in [6, 6.07) is 0. The van der Waals surface area contributed by atoms with E-state index in [2.05, 4.69) is 21.1 Å². The molecule has 2 heteroatoms. The van der Waals surface area contributed by atoms with Gasteiger partial charge in [0.1, 0.15) is 0 Å². The first kappa shape index (κ1) is 12.2. The van der Waals surface area contributed by atoms with Crippen LogP contribution in [0, 0.1) is 17.8 Å². The first-order valence-corrected chi connectivity index (χ1v) is 6.30. The Balaban J connectivity index is 0.000000853. The van der Waals surface area contributed by atoms with Crippen LogP contribution in [0.25, 0.3) is 0 Å². The lowest BCUT2D eigenvalue weighted by Gasteiger charge is -2.61. The minimum absolute atomic E-state index is 0. The van der Waals surface area contributed by atoms with Crippen molar-refractivity contribution in [3.05, 3.63) is 0 Å². The minimum Gasteiger partial charge on any atom is -1.00 e. The normalized spacial score (nSPS) is 47.8. The van der Waals surface area contributed by atoms with Crippen LogP contribution in [0.2, 0.25) is 0 Å². The molecule has 0 aromatic rings. The highest BCUT2D eigenvalue weighted by molar-refractivity contribution is 5.02. The molecule has 4 aliphatic rings. The van der Waals surface area contributed by atoms with Gasteiger partial charge in [-0.25, -0.2) is 0 Å². The Labute approximate surface area is 111 Å². The standard InChI is InChI=1S/C13H24N.HI/c1-14(2,3)13-7-10-4-11(8-13)6-12(5-10)9-13;/h10-12H,4-9H2,1-3H3;1H/q+1;/p-1. The Morgan fingerprint density at radius 2 is 1.13 bits per heavy atom. The molecule has 4 bridgehead atoms. The molecular weight excluding hydrogens is 297 g/mol. The fraction of sp³-hybridized carbons (Fsp3) is 1.00. The minimum atomic E-state index is 0. The van der Waals surface area contributed by atoms with Gasteiger partial charge in [0.2, 0.25) is 0 Å². The van der Waals surface area contributed by atoms with Crippen molar-refractivity contribution in [3.8, 4) is 0 Å². The summed E-state index contributed by atoms with van der Waals surface area (Å²) in [5.74, 6) is 3.29. The largest absolute Gasteiger partial charge is 1.00 e. The molecule has 4 aliphatic carbocycles. The summed E-state index contributed by atoms with van der Waals surface area (Å²) in [6.07, 6.45) is 9.30. The maximum Gasteiger partial charge on any atom is 0.0994 e. The topological polar surface area (TPSA) is 0 Å². The van der Waals surface area contributed by atoms with Gasteiger partial charge >= 0.3 is 0 Å². The van der Waals surface area contributed by atoms with Gasteiger partial charge in [-0.1, -0.05) is 0 Å². The Morgan fingerprint density at radius 3 is 1.40 bits per heavy atom. The van der Waals surface area contributed by atoms with Crippen LogP contribution in [0.3, 0.4) is 0 Å². The molecule has 0 heterocycles. The number of rotatable bonds is 1. The summed E-state index contributed by atoms with van der Waals surface area (Å²) in [5, 5.41) is 0. The van der Waals surface area contributed by atoms with Gasteiger partial charge in [-0.15, -0.1) is 0 Å². The van der Waals surface area contributed by atoms with Crippen molar-refractivity contribution in [2.24, 2.45) is 17.8 Å². The molecule has 4 saturated carbocycles. The predicted molar refractivity (Wildman–Crippen MR) is 58.9 cm³/mol. The van der Waals surface area contributed by atoms with Gasteiger partial charge in [0, 0.05) is 19.3 Å². The van der Waals surface area contributed by atoms with Crippen molar-refractivity contribution in [1.29, 1.82) is 0 Å². The maximum atomic E-state index is 2.42. The molecular formula is C13H24IN. The van der Waals surface area contributed by atoms with E-state index in [1.807, 2.05) is 0 Å². The zero-order chi connectivity index (χ0) is 9.97. The third kappa shape index (κ3) is 1.76. The van der Waals surface area contributed by atoms with Gasteiger partial charge in [-0.2, -0.15) is 0 Å². The molecule has 4 rings (SSSR count). The molecule has 0 aromatic carbocycles. The average molecular weight is 321 g/mol. The van der Waals surface area contributed by atoms with E-state index in [0.29, 0.717) is 5.54 Å². The van der Waals surface area contributed by atoms with E-state index in [-0.39, 0.29) is 24.0 Å². The number of nitrogens with zero attached hydrogens (tertiary/aromatic N) is 1. The average Bonchev–Trinajstić information content (AvgIpc) is 1.98. The third-order valence-electron chi connectivity index (χ3n) is 5.43. The predicted octanol–water partition coefficient (Wildman–Crippen LogP) is -0.335. The fourth-order valence-electron chi connectivity index (χ4n) is 4.89. The second kappa shape index (κ2) is 3.59. The van der Waals surface area contributed by atoms with E-state index in [0.717, 1.165) is 17.8 Å². The summed E-state index contributed by atoms with van der Waals surface area (Å²) in [6.45, 7) is 0. The molecule has 0 saturated heterocycles. The fourth-order valence-corrected chi connectivity index (χ4v) is 4.89. The molecule has 1 nitrogen and oxygen atoms in total. The lowest BCUT2D eigenvalue weighted by molar-refractivity contribution is -0.930. The first-order chi connectivity index (χ1) is 6.48. The Morgan fingerprint density at radius 1 is 0.800 bits per heavy atom. The van der Waals surface area contributed by atoms with Crippen LogP contribution in [0.1, 0.15) is 38.5 Å². The van der Waals surface area contributed by atoms with E-state index in [4.69, 9.17) is 0 Å². The van der Waals surface area contributed by atoms with Gasteiger partial charge in [0.15, 0.2) is 0 Å². The molecule has 0 amide bonds. The SMILES string of the molecule is C[N+](C)(C)C12CC3CC(CC(C3)C1)C2.[I-]. The summed E-state index contributed by atoms with van der Waals surface area (Å²) in [7, 11) is 7.27. The number of halogens is 1. The van der Waals surface area contributed by atoms with Crippen LogP contribution in [0.15, 0.2) is 0 Å². The van der Waals surface area contributed by atoms with E-state index < -0.39 is 0 Å². The highest BCUT2D eigenvalue weighted by Gasteiger charge is 2.57. The Kier molecular flexibility index (Phi) is 2.91. The molecule has 0 aromatic heterocycles. The monoisotopic (exact) mass is 321 g/mol. The summed E-state index contributed by atoms with van der Waals surface area (Å²) in [4.78, 5) is 0. The van der Waals surface area contributed by atoms with Crippen molar-refractivity contribution in [1.82, 2.24) is 0 Å². The van der Waals surface area contributed by atoms with E-state index in [1.54, 1.807) is 19.3 Å². The van der Waals surface area contributed by atoms with Crippen molar-refractivity contribution in [3.63, 3.8) is 0 Å². The molecule has 0 radical (unpaired) electrons. The molecule has 88 valence electrons. The van der Waals surface area contributed by atoms with Crippen LogP contribution in [-0.4, -0.2) is 31.2 Å². The molecule has 0 aliphatic heterocycles.